The molecule has 0 radical (unpaired) electrons. The summed E-state index contributed by atoms with van der Waals surface area (Å²) < 4.78 is 5.96. The van der Waals surface area contributed by atoms with Gasteiger partial charge in [-0.1, -0.05) is 13.8 Å². The van der Waals surface area contributed by atoms with Crippen molar-refractivity contribution >= 4 is 0 Å². The monoisotopic (exact) mass is 200 g/mol. The van der Waals surface area contributed by atoms with Crippen LogP contribution in [-0.2, 0) is 4.74 Å². The molecule has 1 aliphatic rings. The van der Waals surface area contributed by atoms with Crippen molar-refractivity contribution in [1.82, 2.24) is 0 Å². The van der Waals surface area contributed by atoms with E-state index in [9.17, 15) is 5.11 Å². The summed E-state index contributed by atoms with van der Waals surface area (Å²) in [4.78, 5) is 0. The standard InChI is InChI=1S/C12H24O2/c1-8(2)10(13)9-7-11(3,4)14-12(9,5)6/h8-10,13H,7H2,1-6H3. The first-order chi connectivity index (χ1) is 6.16. The van der Waals surface area contributed by atoms with Crippen molar-refractivity contribution in [3.63, 3.8) is 0 Å². The Kier molecular flexibility index (Phi) is 2.99. The molecule has 0 saturated carbocycles. The molecule has 1 aliphatic heterocycles. The summed E-state index contributed by atoms with van der Waals surface area (Å²) in [6.45, 7) is 12.5. The van der Waals surface area contributed by atoms with Crippen LogP contribution in [0.25, 0.3) is 0 Å². The molecule has 0 aromatic heterocycles. The molecule has 1 fully saturated rings. The third kappa shape index (κ3) is 2.29. The fraction of sp³-hybridized carbons (Fsp3) is 1.00. The maximum absolute atomic E-state index is 10.1. The van der Waals surface area contributed by atoms with Gasteiger partial charge in [-0.25, -0.2) is 0 Å². The third-order valence-corrected chi connectivity index (χ3v) is 3.24. The minimum absolute atomic E-state index is 0.0932. The van der Waals surface area contributed by atoms with Gasteiger partial charge in [0.15, 0.2) is 0 Å². The first-order valence-corrected chi connectivity index (χ1v) is 5.54. The summed E-state index contributed by atoms with van der Waals surface area (Å²) in [5.74, 6) is 0.550. The van der Waals surface area contributed by atoms with E-state index in [0.717, 1.165) is 6.42 Å². The van der Waals surface area contributed by atoms with E-state index in [2.05, 4.69) is 41.5 Å². The number of ether oxygens (including phenoxy) is 1. The molecule has 2 unspecified atom stereocenters. The fourth-order valence-electron chi connectivity index (χ4n) is 2.60. The summed E-state index contributed by atoms with van der Waals surface area (Å²) >= 11 is 0. The van der Waals surface area contributed by atoms with Gasteiger partial charge >= 0.3 is 0 Å². The third-order valence-electron chi connectivity index (χ3n) is 3.24. The minimum atomic E-state index is -0.258. The molecule has 2 nitrogen and oxygen atoms in total. The second-order valence-electron chi connectivity index (χ2n) is 6.01. The summed E-state index contributed by atoms with van der Waals surface area (Å²) in [5.41, 5.74) is -0.294. The molecule has 2 atom stereocenters. The van der Waals surface area contributed by atoms with Crippen LogP contribution in [0.2, 0.25) is 0 Å². The van der Waals surface area contributed by atoms with E-state index in [-0.39, 0.29) is 23.2 Å². The van der Waals surface area contributed by atoms with Gasteiger partial charge in [0.2, 0.25) is 0 Å². The molecule has 0 amide bonds. The maximum Gasteiger partial charge on any atom is 0.0687 e. The Morgan fingerprint density at radius 1 is 1.21 bits per heavy atom. The Hall–Kier alpha value is -0.0800. The van der Waals surface area contributed by atoms with E-state index >= 15 is 0 Å². The van der Waals surface area contributed by atoms with Gasteiger partial charge in [-0.15, -0.1) is 0 Å². The van der Waals surface area contributed by atoms with Crippen molar-refractivity contribution in [2.75, 3.05) is 0 Å². The minimum Gasteiger partial charge on any atom is -0.392 e. The highest BCUT2D eigenvalue weighted by Gasteiger charge is 2.49. The quantitative estimate of drug-likeness (QED) is 0.742. The number of hydrogen-bond acceptors (Lipinski definition) is 2. The average Bonchev–Trinajstić information content (AvgIpc) is 2.17. The van der Waals surface area contributed by atoms with Gasteiger partial charge < -0.3 is 9.84 Å². The Morgan fingerprint density at radius 2 is 1.71 bits per heavy atom. The van der Waals surface area contributed by atoms with Gasteiger partial charge in [-0.05, 0) is 40.0 Å². The molecule has 1 saturated heterocycles. The Morgan fingerprint density at radius 3 is 2.00 bits per heavy atom. The van der Waals surface area contributed by atoms with Gasteiger partial charge in [0, 0.05) is 5.92 Å². The van der Waals surface area contributed by atoms with Crippen molar-refractivity contribution < 1.29 is 9.84 Å². The molecular weight excluding hydrogens is 176 g/mol. The normalized spacial score (nSPS) is 32.1. The first-order valence-electron chi connectivity index (χ1n) is 5.54. The van der Waals surface area contributed by atoms with Crippen LogP contribution < -0.4 is 0 Å². The van der Waals surface area contributed by atoms with Crippen LogP contribution >= 0.6 is 0 Å². The van der Waals surface area contributed by atoms with Crippen LogP contribution in [0.4, 0.5) is 0 Å². The predicted molar refractivity (Wildman–Crippen MR) is 58.2 cm³/mol. The maximum atomic E-state index is 10.1. The van der Waals surface area contributed by atoms with Crippen LogP contribution in [-0.4, -0.2) is 22.4 Å². The highest BCUT2D eigenvalue weighted by molar-refractivity contribution is 4.97. The summed E-state index contributed by atoms with van der Waals surface area (Å²) in [7, 11) is 0. The zero-order valence-corrected chi connectivity index (χ0v) is 10.3. The number of rotatable bonds is 2. The van der Waals surface area contributed by atoms with Crippen LogP contribution in [0.1, 0.15) is 48.0 Å². The highest BCUT2D eigenvalue weighted by atomic mass is 16.5. The first kappa shape index (κ1) is 12.0. The molecule has 1 N–H and O–H groups in total. The Bertz CT molecular complexity index is 206. The Labute approximate surface area is 87.7 Å². The molecule has 1 heterocycles. The van der Waals surface area contributed by atoms with Crippen LogP contribution in [0.5, 0.6) is 0 Å². The van der Waals surface area contributed by atoms with Gasteiger partial charge in [-0.3, -0.25) is 0 Å². The molecular formula is C12H24O2. The number of aliphatic hydroxyl groups is 1. The topological polar surface area (TPSA) is 29.5 Å². The van der Waals surface area contributed by atoms with Crippen molar-refractivity contribution in [2.45, 2.75) is 65.3 Å². The Balaban J connectivity index is 2.80. The summed E-state index contributed by atoms with van der Waals surface area (Å²) in [6.07, 6.45) is 0.686. The lowest BCUT2D eigenvalue weighted by atomic mass is 9.79. The zero-order chi connectivity index (χ0) is 11.1. The van der Waals surface area contributed by atoms with E-state index in [1.807, 2.05) is 0 Å². The molecule has 0 bridgehead atoms. The van der Waals surface area contributed by atoms with E-state index in [0.29, 0.717) is 5.92 Å². The van der Waals surface area contributed by atoms with Crippen molar-refractivity contribution in [1.29, 1.82) is 0 Å². The molecule has 0 aliphatic carbocycles. The van der Waals surface area contributed by atoms with E-state index in [1.54, 1.807) is 0 Å². The van der Waals surface area contributed by atoms with E-state index in [1.165, 1.54) is 0 Å². The molecule has 14 heavy (non-hydrogen) atoms. The van der Waals surface area contributed by atoms with Gasteiger partial charge in [-0.2, -0.15) is 0 Å². The lowest BCUT2D eigenvalue weighted by Crippen LogP contribution is -2.38. The SMILES string of the molecule is CC(C)C(O)C1CC(C)(C)OC1(C)C. The lowest BCUT2D eigenvalue weighted by Gasteiger charge is -2.32. The highest BCUT2D eigenvalue weighted by Crippen LogP contribution is 2.44. The van der Waals surface area contributed by atoms with Crippen LogP contribution in [0.3, 0.4) is 0 Å². The zero-order valence-electron chi connectivity index (χ0n) is 10.3. The average molecular weight is 200 g/mol. The van der Waals surface area contributed by atoms with Crippen LogP contribution in [0.15, 0.2) is 0 Å². The van der Waals surface area contributed by atoms with Crippen molar-refractivity contribution in [3.05, 3.63) is 0 Å². The molecule has 0 aromatic rings. The van der Waals surface area contributed by atoms with Crippen molar-refractivity contribution in [2.24, 2.45) is 11.8 Å². The molecule has 0 aromatic carbocycles. The number of hydrogen-bond donors (Lipinski definition) is 1. The second-order valence-corrected chi connectivity index (χ2v) is 6.01. The molecule has 0 spiro atoms. The summed E-state index contributed by atoms with van der Waals surface area (Å²) in [6, 6.07) is 0. The van der Waals surface area contributed by atoms with Gasteiger partial charge in [0.05, 0.1) is 17.3 Å². The predicted octanol–water partition coefficient (Wildman–Crippen LogP) is 2.60. The second kappa shape index (κ2) is 3.49. The van der Waals surface area contributed by atoms with Crippen LogP contribution in [0, 0.1) is 11.8 Å². The fourth-order valence-corrected chi connectivity index (χ4v) is 2.60. The summed E-state index contributed by atoms with van der Waals surface area (Å²) in [5, 5.41) is 10.1. The van der Waals surface area contributed by atoms with Gasteiger partial charge in [0.25, 0.3) is 0 Å². The molecule has 2 heteroatoms. The number of aliphatic hydroxyl groups excluding tert-OH is 1. The lowest BCUT2D eigenvalue weighted by molar-refractivity contribution is -0.0919. The molecule has 84 valence electrons. The van der Waals surface area contributed by atoms with Crippen molar-refractivity contribution in [3.8, 4) is 0 Å². The largest absolute Gasteiger partial charge is 0.392 e. The smallest absolute Gasteiger partial charge is 0.0687 e. The molecule has 1 rings (SSSR count). The van der Waals surface area contributed by atoms with Gasteiger partial charge in [0.1, 0.15) is 0 Å². The van der Waals surface area contributed by atoms with E-state index < -0.39 is 0 Å². The van der Waals surface area contributed by atoms with E-state index in [4.69, 9.17) is 4.74 Å².